The van der Waals surface area contributed by atoms with Crippen molar-refractivity contribution in [3.63, 3.8) is 0 Å². The topological polar surface area (TPSA) is 47.6 Å². The molecule has 0 fully saturated rings. The third-order valence-corrected chi connectivity index (χ3v) is 4.01. The van der Waals surface area contributed by atoms with Gasteiger partial charge in [0.2, 0.25) is 0 Å². The Morgan fingerprint density at radius 3 is 2.52 bits per heavy atom. The largest absolute Gasteiger partial charge is 0.490 e. The Hall–Kier alpha value is -1.55. The molecule has 1 rings (SSSR count). The molecule has 0 heterocycles. The van der Waals surface area contributed by atoms with Gasteiger partial charge in [-0.25, -0.2) is 0 Å². The van der Waals surface area contributed by atoms with Crippen LogP contribution in [0.25, 0.3) is 0 Å². The van der Waals surface area contributed by atoms with Gasteiger partial charge >= 0.3 is 0 Å². The molecule has 4 nitrogen and oxygen atoms in total. The third kappa shape index (κ3) is 5.54. The van der Waals surface area contributed by atoms with E-state index in [0.717, 1.165) is 29.8 Å². The van der Waals surface area contributed by atoms with Crippen molar-refractivity contribution in [3.05, 3.63) is 23.8 Å². The highest BCUT2D eigenvalue weighted by Crippen LogP contribution is 2.25. The van der Waals surface area contributed by atoms with E-state index >= 15 is 0 Å². The lowest BCUT2D eigenvalue weighted by Gasteiger charge is -2.28. The van der Waals surface area contributed by atoms with Gasteiger partial charge in [0, 0.05) is 12.3 Å². The van der Waals surface area contributed by atoms with Gasteiger partial charge in [-0.15, -0.1) is 0 Å². The molecule has 0 radical (unpaired) electrons. The summed E-state index contributed by atoms with van der Waals surface area (Å²) in [5.74, 6) is 0.759. The summed E-state index contributed by atoms with van der Waals surface area (Å²) in [5.41, 5.74) is 0.992. The van der Waals surface area contributed by atoms with Crippen LogP contribution in [0.2, 0.25) is 0 Å². The van der Waals surface area contributed by atoms with Crippen molar-refractivity contribution in [2.45, 2.75) is 72.5 Å². The Morgan fingerprint density at radius 2 is 2.00 bits per heavy atom. The molecule has 0 aliphatic heterocycles. The molecule has 0 aromatic heterocycles. The second-order valence-electron chi connectivity index (χ2n) is 6.18. The zero-order chi connectivity index (χ0) is 17.5. The number of rotatable bonds is 9. The molecule has 1 aromatic carbocycles. The average molecular weight is 321 g/mol. The lowest BCUT2D eigenvalue weighted by molar-refractivity contribution is -0.139. The minimum Gasteiger partial charge on any atom is -0.490 e. The van der Waals surface area contributed by atoms with Crippen molar-refractivity contribution in [2.24, 2.45) is 0 Å². The molecule has 130 valence electrons. The first-order valence-electron chi connectivity index (χ1n) is 8.59. The molecule has 0 saturated carbocycles. The molecule has 0 saturated heterocycles. The van der Waals surface area contributed by atoms with Crippen LogP contribution in [0.1, 0.15) is 59.4 Å². The van der Waals surface area contributed by atoms with E-state index in [-0.39, 0.29) is 12.0 Å². The second kappa shape index (κ2) is 8.92. The van der Waals surface area contributed by atoms with E-state index in [4.69, 9.17) is 9.47 Å². The van der Waals surface area contributed by atoms with Crippen LogP contribution in [0, 0.1) is 6.92 Å². The minimum atomic E-state index is -0.788. The number of carbonyl (C=O) groups is 1. The van der Waals surface area contributed by atoms with Crippen LogP contribution in [0.5, 0.6) is 5.75 Å². The van der Waals surface area contributed by atoms with Crippen molar-refractivity contribution in [2.75, 3.05) is 11.9 Å². The number of anilines is 1. The van der Waals surface area contributed by atoms with Crippen LogP contribution in [0.3, 0.4) is 0 Å². The Bertz CT molecular complexity index is 507. The fourth-order valence-corrected chi connectivity index (χ4v) is 2.47. The highest BCUT2D eigenvalue weighted by atomic mass is 16.5. The van der Waals surface area contributed by atoms with Gasteiger partial charge in [0.25, 0.3) is 5.91 Å². The number of hydrogen-bond acceptors (Lipinski definition) is 3. The standard InChI is InChI=1S/C19H31NO3/c1-7-12-19(6,22-9-3)18(21)20-16-10-11-17(14(4)13-16)23-15(5)8-2/h10-11,13,15H,7-9,12H2,1-6H3,(H,20,21). The zero-order valence-electron chi connectivity index (χ0n) is 15.4. The molecule has 0 aliphatic carbocycles. The van der Waals surface area contributed by atoms with Crippen molar-refractivity contribution >= 4 is 11.6 Å². The lowest BCUT2D eigenvalue weighted by Crippen LogP contribution is -2.42. The molecule has 0 aliphatic rings. The summed E-state index contributed by atoms with van der Waals surface area (Å²) in [6.45, 7) is 12.5. The molecular formula is C19H31NO3. The van der Waals surface area contributed by atoms with Crippen molar-refractivity contribution < 1.29 is 14.3 Å². The van der Waals surface area contributed by atoms with E-state index in [1.807, 2.05) is 45.9 Å². The zero-order valence-corrected chi connectivity index (χ0v) is 15.4. The summed E-state index contributed by atoms with van der Waals surface area (Å²) in [6.07, 6.45) is 2.73. The molecule has 1 N–H and O–H groups in total. The number of carbonyl (C=O) groups excluding carboxylic acids is 1. The number of hydrogen-bond donors (Lipinski definition) is 1. The second-order valence-corrected chi connectivity index (χ2v) is 6.18. The minimum absolute atomic E-state index is 0.101. The monoisotopic (exact) mass is 321 g/mol. The van der Waals surface area contributed by atoms with Gasteiger partial charge in [-0.2, -0.15) is 0 Å². The van der Waals surface area contributed by atoms with Crippen LogP contribution < -0.4 is 10.1 Å². The molecule has 0 spiro atoms. The van der Waals surface area contributed by atoms with Gasteiger partial charge in [-0.3, -0.25) is 4.79 Å². The Balaban J connectivity index is 2.84. The van der Waals surface area contributed by atoms with E-state index in [1.54, 1.807) is 0 Å². The molecule has 4 heteroatoms. The molecular weight excluding hydrogens is 290 g/mol. The first kappa shape index (κ1) is 19.5. The number of benzene rings is 1. The quantitative estimate of drug-likeness (QED) is 0.717. The summed E-state index contributed by atoms with van der Waals surface area (Å²) in [6, 6.07) is 5.73. The fraction of sp³-hybridized carbons (Fsp3) is 0.632. The van der Waals surface area contributed by atoms with Gasteiger partial charge in [0.15, 0.2) is 0 Å². The number of nitrogens with one attached hydrogen (secondary N) is 1. The highest BCUT2D eigenvalue weighted by molar-refractivity contribution is 5.97. The van der Waals surface area contributed by atoms with Gasteiger partial charge in [-0.05, 0) is 64.3 Å². The van der Waals surface area contributed by atoms with Gasteiger partial charge < -0.3 is 14.8 Å². The van der Waals surface area contributed by atoms with E-state index in [9.17, 15) is 4.79 Å². The van der Waals surface area contributed by atoms with Crippen LogP contribution in [0.4, 0.5) is 5.69 Å². The smallest absolute Gasteiger partial charge is 0.256 e. The van der Waals surface area contributed by atoms with Crippen molar-refractivity contribution in [1.82, 2.24) is 0 Å². The number of aryl methyl sites for hydroxylation is 1. The maximum absolute atomic E-state index is 12.6. The summed E-state index contributed by atoms with van der Waals surface area (Å²) in [4.78, 5) is 12.6. The van der Waals surface area contributed by atoms with Crippen LogP contribution in [0.15, 0.2) is 18.2 Å². The van der Waals surface area contributed by atoms with Gasteiger partial charge in [-0.1, -0.05) is 20.3 Å². The Kier molecular flexibility index (Phi) is 7.56. The van der Waals surface area contributed by atoms with Crippen LogP contribution in [-0.4, -0.2) is 24.2 Å². The summed E-state index contributed by atoms with van der Waals surface area (Å²) in [5, 5.41) is 2.97. The lowest BCUT2D eigenvalue weighted by atomic mass is 9.99. The first-order valence-corrected chi connectivity index (χ1v) is 8.59. The van der Waals surface area contributed by atoms with E-state index in [0.29, 0.717) is 13.0 Å². The van der Waals surface area contributed by atoms with Crippen molar-refractivity contribution in [3.8, 4) is 5.75 Å². The normalized spacial score (nSPS) is 14.9. The third-order valence-electron chi connectivity index (χ3n) is 4.01. The van der Waals surface area contributed by atoms with Gasteiger partial charge in [0.05, 0.1) is 6.10 Å². The number of amides is 1. The van der Waals surface area contributed by atoms with E-state index in [2.05, 4.69) is 19.2 Å². The van der Waals surface area contributed by atoms with Gasteiger partial charge in [0.1, 0.15) is 11.4 Å². The molecule has 1 aromatic rings. The SMILES string of the molecule is CCCC(C)(OCC)C(=O)Nc1ccc(OC(C)CC)c(C)c1. The molecule has 2 unspecified atom stereocenters. The van der Waals surface area contributed by atoms with E-state index < -0.39 is 5.60 Å². The summed E-state index contributed by atoms with van der Waals surface area (Å²) >= 11 is 0. The number of ether oxygens (including phenoxy) is 2. The first-order chi connectivity index (χ1) is 10.9. The maximum atomic E-state index is 12.6. The molecule has 0 bridgehead atoms. The van der Waals surface area contributed by atoms with Crippen LogP contribution in [-0.2, 0) is 9.53 Å². The Labute approximate surface area is 140 Å². The maximum Gasteiger partial charge on any atom is 0.256 e. The summed E-state index contributed by atoms with van der Waals surface area (Å²) in [7, 11) is 0. The van der Waals surface area contributed by atoms with Crippen molar-refractivity contribution in [1.29, 1.82) is 0 Å². The molecule has 2 atom stereocenters. The molecule has 1 amide bonds. The Morgan fingerprint density at radius 1 is 1.30 bits per heavy atom. The highest BCUT2D eigenvalue weighted by Gasteiger charge is 2.32. The molecule has 23 heavy (non-hydrogen) atoms. The predicted octanol–water partition coefficient (Wildman–Crippen LogP) is 4.71. The predicted molar refractivity (Wildman–Crippen MR) is 95.1 cm³/mol. The summed E-state index contributed by atoms with van der Waals surface area (Å²) < 4.78 is 11.5. The van der Waals surface area contributed by atoms with E-state index in [1.165, 1.54) is 0 Å². The van der Waals surface area contributed by atoms with Crippen LogP contribution >= 0.6 is 0 Å². The average Bonchev–Trinajstić information content (AvgIpc) is 2.50. The fourth-order valence-electron chi connectivity index (χ4n) is 2.47.